The summed E-state index contributed by atoms with van der Waals surface area (Å²) in [5.41, 5.74) is 0. The third-order valence-corrected chi connectivity index (χ3v) is 3.71. The Balaban J connectivity index is 2.52. The Labute approximate surface area is 94.9 Å². The van der Waals surface area contributed by atoms with Crippen LogP contribution in [0.4, 0.5) is 0 Å². The molecule has 1 rings (SSSR count). The zero-order valence-corrected chi connectivity index (χ0v) is 10.4. The molecular weight excluding hydrogens is 212 g/mol. The molecule has 1 heterocycles. The number of amidine groups is 1. The third-order valence-electron chi connectivity index (χ3n) is 2.52. The Morgan fingerprint density at radius 3 is 2.87 bits per heavy atom. The number of nitrogens with zero attached hydrogens (tertiary/aromatic N) is 1. The lowest BCUT2D eigenvalue weighted by Gasteiger charge is -2.25. The van der Waals surface area contributed by atoms with E-state index in [9.17, 15) is 4.79 Å². The Bertz CT molecular complexity index is 268. The fraction of sp³-hybridized carbons (Fsp3) is 0.800. The number of thioether (sulfide) groups is 1. The fourth-order valence-corrected chi connectivity index (χ4v) is 2.40. The van der Waals surface area contributed by atoms with Gasteiger partial charge in [-0.1, -0.05) is 18.7 Å². The lowest BCUT2D eigenvalue weighted by molar-refractivity contribution is -0.142. The van der Waals surface area contributed by atoms with Gasteiger partial charge in [0.1, 0.15) is 6.04 Å². The van der Waals surface area contributed by atoms with E-state index in [-0.39, 0.29) is 12.0 Å². The highest BCUT2D eigenvalue weighted by atomic mass is 32.2. The molecule has 0 aliphatic carbocycles. The first-order valence-corrected chi connectivity index (χ1v) is 6.08. The van der Waals surface area contributed by atoms with E-state index in [0.717, 1.165) is 10.9 Å². The summed E-state index contributed by atoms with van der Waals surface area (Å²) >= 11 is 1.66. The van der Waals surface area contributed by atoms with E-state index in [2.05, 4.69) is 28.9 Å². The molecule has 0 saturated carbocycles. The van der Waals surface area contributed by atoms with Gasteiger partial charge in [-0.05, 0) is 19.8 Å². The number of methoxy groups -OCH3 is 1. The lowest BCUT2D eigenvalue weighted by Crippen LogP contribution is -2.40. The maximum absolute atomic E-state index is 11.2. The molecule has 0 radical (unpaired) electrons. The Morgan fingerprint density at radius 2 is 2.33 bits per heavy atom. The zero-order valence-electron chi connectivity index (χ0n) is 9.61. The molecule has 5 heteroatoms. The number of aliphatic imine (C=N–C) groups is 1. The van der Waals surface area contributed by atoms with Crippen LogP contribution in [0.1, 0.15) is 20.8 Å². The van der Waals surface area contributed by atoms with Crippen molar-refractivity contribution in [3.8, 4) is 0 Å². The van der Waals surface area contributed by atoms with E-state index in [1.807, 2.05) is 0 Å². The summed E-state index contributed by atoms with van der Waals surface area (Å²) in [5, 5.41) is 3.90. The van der Waals surface area contributed by atoms with Crippen LogP contribution in [0.25, 0.3) is 0 Å². The van der Waals surface area contributed by atoms with Crippen molar-refractivity contribution in [3.05, 3.63) is 0 Å². The summed E-state index contributed by atoms with van der Waals surface area (Å²) in [7, 11) is 1.39. The standard InChI is InChI=1S/C10H18N2O2S/c1-6-5-15-10(11-7(6)2)12-8(3)9(13)14-4/h6-8H,5H2,1-4H3,(H,11,12). The summed E-state index contributed by atoms with van der Waals surface area (Å²) < 4.78 is 4.64. The van der Waals surface area contributed by atoms with Crippen LogP contribution in [0.15, 0.2) is 4.99 Å². The van der Waals surface area contributed by atoms with E-state index in [4.69, 9.17) is 0 Å². The van der Waals surface area contributed by atoms with Crippen LogP contribution in [-0.2, 0) is 9.53 Å². The van der Waals surface area contributed by atoms with Gasteiger partial charge in [-0.15, -0.1) is 0 Å². The van der Waals surface area contributed by atoms with Gasteiger partial charge in [0.25, 0.3) is 0 Å². The average Bonchev–Trinajstić information content (AvgIpc) is 2.22. The van der Waals surface area contributed by atoms with Crippen molar-refractivity contribution in [1.82, 2.24) is 5.32 Å². The molecule has 1 N–H and O–H groups in total. The SMILES string of the molecule is COC(=O)C(C)NC1=NC(C)C(C)CS1. The third kappa shape index (κ3) is 3.41. The topological polar surface area (TPSA) is 50.7 Å². The van der Waals surface area contributed by atoms with E-state index in [0.29, 0.717) is 12.0 Å². The van der Waals surface area contributed by atoms with Crippen molar-refractivity contribution < 1.29 is 9.53 Å². The zero-order chi connectivity index (χ0) is 11.4. The molecule has 4 nitrogen and oxygen atoms in total. The minimum Gasteiger partial charge on any atom is -0.467 e. The van der Waals surface area contributed by atoms with Gasteiger partial charge in [0, 0.05) is 5.75 Å². The summed E-state index contributed by atoms with van der Waals surface area (Å²) in [5.74, 6) is 1.37. The molecule has 1 aliphatic rings. The molecular formula is C10H18N2O2S. The van der Waals surface area contributed by atoms with Gasteiger partial charge in [-0.2, -0.15) is 0 Å². The molecule has 3 atom stereocenters. The second-order valence-electron chi connectivity index (χ2n) is 3.85. The van der Waals surface area contributed by atoms with Crippen LogP contribution in [0.3, 0.4) is 0 Å². The summed E-state index contributed by atoms with van der Waals surface area (Å²) in [6, 6.07) is -0.0135. The molecule has 0 fully saturated rings. The van der Waals surface area contributed by atoms with Crippen LogP contribution < -0.4 is 5.32 Å². The highest BCUT2D eigenvalue weighted by Crippen LogP contribution is 2.21. The maximum atomic E-state index is 11.2. The minimum atomic E-state index is -0.332. The molecule has 0 spiro atoms. The molecule has 0 bridgehead atoms. The number of carbonyl (C=O) groups is 1. The summed E-state index contributed by atoms with van der Waals surface area (Å²) in [4.78, 5) is 15.7. The summed E-state index contributed by atoms with van der Waals surface area (Å²) in [6.07, 6.45) is 0. The number of nitrogens with one attached hydrogen (secondary N) is 1. The predicted octanol–water partition coefficient (Wildman–Crippen LogP) is 1.26. The summed E-state index contributed by atoms with van der Waals surface area (Å²) in [6.45, 7) is 6.05. The van der Waals surface area contributed by atoms with E-state index >= 15 is 0 Å². The van der Waals surface area contributed by atoms with Crippen LogP contribution in [0.5, 0.6) is 0 Å². The van der Waals surface area contributed by atoms with Gasteiger partial charge < -0.3 is 10.1 Å². The van der Waals surface area contributed by atoms with Crippen LogP contribution in [0.2, 0.25) is 0 Å². The Hall–Kier alpha value is -0.710. The molecule has 1 aliphatic heterocycles. The van der Waals surface area contributed by atoms with Crippen LogP contribution >= 0.6 is 11.8 Å². The first-order chi connectivity index (χ1) is 7.04. The molecule has 0 saturated heterocycles. The molecule has 0 aromatic heterocycles. The van der Waals surface area contributed by atoms with Gasteiger partial charge in [0.2, 0.25) is 0 Å². The number of hydrogen-bond acceptors (Lipinski definition) is 5. The van der Waals surface area contributed by atoms with Crippen molar-refractivity contribution in [1.29, 1.82) is 0 Å². The lowest BCUT2D eigenvalue weighted by atomic mass is 10.1. The second-order valence-corrected chi connectivity index (χ2v) is 4.86. The minimum absolute atomic E-state index is 0.260. The van der Waals surface area contributed by atoms with Crippen molar-refractivity contribution in [2.75, 3.05) is 12.9 Å². The van der Waals surface area contributed by atoms with Gasteiger partial charge >= 0.3 is 5.97 Å². The molecule has 0 aromatic carbocycles. The van der Waals surface area contributed by atoms with Crippen molar-refractivity contribution in [2.45, 2.75) is 32.9 Å². The highest BCUT2D eigenvalue weighted by molar-refractivity contribution is 8.13. The molecule has 86 valence electrons. The molecule has 0 aromatic rings. The second kappa shape index (κ2) is 5.39. The normalized spacial score (nSPS) is 27.9. The first kappa shape index (κ1) is 12.4. The largest absolute Gasteiger partial charge is 0.467 e. The number of rotatable bonds is 2. The van der Waals surface area contributed by atoms with E-state index in [1.54, 1.807) is 18.7 Å². The van der Waals surface area contributed by atoms with Crippen molar-refractivity contribution in [3.63, 3.8) is 0 Å². The highest BCUT2D eigenvalue weighted by Gasteiger charge is 2.22. The van der Waals surface area contributed by atoms with Crippen LogP contribution in [-0.4, -0.2) is 36.1 Å². The average molecular weight is 230 g/mol. The predicted molar refractivity (Wildman–Crippen MR) is 63.1 cm³/mol. The number of hydrogen-bond donors (Lipinski definition) is 1. The van der Waals surface area contributed by atoms with Crippen molar-refractivity contribution in [2.24, 2.45) is 10.9 Å². The van der Waals surface area contributed by atoms with E-state index in [1.165, 1.54) is 7.11 Å². The van der Waals surface area contributed by atoms with Gasteiger partial charge in [-0.3, -0.25) is 4.99 Å². The Kier molecular flexibility index (Phi) is 4.45. The molecule has 3 unspecified atom stereocenters. The van der Waals surface area contributed by atoms with Gasteiger partial charge in [-0.25, -0.2) is 4.79 Å². The van der Waals surface area contributed by atoms with Gasteiger partial charge in [0.15, 0.2) is 5.17 Å². The Morgan fingerprint density at radius 1 is 1.67 bits per heavy atom. The van der Waals surface area contributed by atoms with Crippen molar-refractivity contribution >= 4 is 22.9 Å². The number of esters is 1. The monoisotopic (exact) mass is 230 g/mol. The first-order valence-electron chi connectivity index (χ1n) is 5.09. The number of carbonyl (C=O) groups excluding carboxylic acids is 1. The maximum Gasteiger partial charge on any atom is 0.328 e. The number of ether oxygens (including phenoxy) is 1. The fourth-order valence-electron chi connectivity index (χ4n) is 1.20. The van der Waals surface area contributed by atoms with Crippen LogP contribution in [0, 0.1) is 5.92 Å². The quantitative estimate of drug-likeness (QED) is 0.726. The van der Waals surface area contributed by atoms with Gasteiger partial charge in [0.05, 0.1) is 13.2 Å². The smallest absolute Gasteiger partial charge is 0.328 e. The van der Waals surface area contributed by atoms with E-state index < -0.39 is 0 Å². The molecule has 15 heavy (non-hydrogen) atoms. The molecule has 0 amide bonds.